The Bertz CT molecular complexity index is 445. The van der Waals surface area contributed by atoms with E-state index in [9.17, 15) is 4.79 Å². The van der Waals surface area contributed by atoms with Gasteiger partial charge in [-0.2, -0.15) is 0 Å². The van der Waals surface area contributed by atoms with E-state index in [-0.39, 0.29) is 0 Å². The van der Waals surface area contributed by atoms with Crippen LogP contribution >= 0.6 is 11.6 Å². The molecule has 2 aromatic rings. The Morgan fingerprint density at radius 2 is 1.21 bits per heavy atom. The summed E-state index contributed by atoms with van der Waals surface area (Å²) >= 11 is 4.90. The van der Waals surface area contributed by atoms with Crippen LogP contribution in [-0.2, 0) is 6.42 Å². The van der Waals surface area contributed by atoms with E-state index >= 15 is 0 Å². The van der Waals surface area contributed by atoms with Gasteiger partial charge in [0.05, 0.1) is 0 Å². The van der Waals surface area contributed by atoms with Gasteiger partial charge in [-0.3, -0.25) is 4.79 Å². The zero-order valence-corrected chi connectivity index (χ0v) is 12.0. The van der Waals surface area contributed by atoms with Crippen molar-refractivity contribution in [3.8, 4) is 0 Å². The van der Waals surface area contributed by atoms with Crippen molar-refractivity contribution in [2.75, 3.05) is 14.1 Å². The number of benzene rings is 2. The molecule has 0 saturated heterocycles. The lowest BCUT2D eigenvalue weighted by Gasteiger charge is -2.00. The molecule has 0 fully saturated rings. The topological polar surface area (TPSA) is 20.3 Å². The molecule has 0 spiro atoms. The van der Waals surface area contributed by atoms with E-state index in [0.717, 1.165) is 6.42 Å². The Balaban J connectivity index is 0.000000258. The number of hydrogen-bond donors (Lipinski definition) is 0. The van der Waals surface area contributed by atoms with Gasteiger partial charge in [-0.1, -0.05) is 60.7 Å². The number of halogens is 1. The first-order chi connectivity index (χ1) is 9.09. The van der Waals surface area contributed by atoms with Gasteiger partial charge in [0.2, 0.25) is 0 Å². The molecule has 2 rings (SSSR count). The molecule has 1 amide bonds. The van der Waals surface area contributed by atoms with Gasteiger partial charge in [0, 0.05) is 14.1 Å². The van der Waals surface area contributed by atoms with Crippen LogP contribution in [0.15, 0.2) is 60.7 Å². The molecule has 100 valence electrons. The van der Waals surface area contributed by atoms with Crippen LogP contribution in [0.25, 0.3) is 0 Å². The number of carbonyl (C=O) groups excluding carboxylic acids is 1. The third-order valence-electron chi connectivity index (χ3n) is 2.45. The standard InChI is InChI=1S/C13H12.C3H6ClNO/c1-3-7-12(8-4-1)11-13-9-5-2-6-10-13;1-5(2)3(4)6/h1-10H,11H2;1-2H3. The van der Waals surface area contributed by atoms with Crippen LogP contribution in [0.1, 0.15) is 11.1 Å². The molecule has 0 aliphatic rings. The molecule has 2 nitrogen and oxygen atoms in total. The van der Waals surface area contributed by atoms with Gasteiger partial charge in [0.1, 0.15) is 0 Å². The van der Waals surface area contributed by atoms with Crippen LogP contribution in [0.2, 0.25) is 0 Å². The highest BCUT2D eigenvalue weighted by atomic mass is 35.5. The highest BCUT2D eigenvalue weighted by Crippen LogP contribution is 2.07. The van der Waals surface area contributed by atoms with E-state index in [1.807, 2.05) is 0 Å². The molecular weight excluding hydrogens is 258 g/mol. The molecule has 0 unspecified atom stereocenters. The fourth-order valence-electron chi connectivity index (χ4n) is 1.43. The Hall–Kier alpha value is -1.80. The molecule has 0 N–H and O–H groups in total. The number of nitrogens with zero attached hydrogens (tertiary/aromatic N) is 1. The SMILES string of the molecule is CN(C)C(=O)Cl.c1ccc(Cc2ccccc2)cc1. The van der Waals surface area contributed by atoms with Crippen LogP contribution in [0.4, 0.5) is 4.79 Å². The summed E-state index contributed by atoms with van der Waals surface area (Å²) in [6.07, 6.45) is 1.03. The van der Waals surface area contributed by atoms with Gasteiger partial charge < -0.3 is 4.90 Å². The molecular formula is C16H18ClNO. The van der Waals surface area contributed by atoms with Crippen molar-refractivity contribution in [2.24, 2.45) is 0 Å². The van der Waals surface area contributed by atoms with E-state index < -0.39 is 5.37 Å². The average molecular weight is 276 g/mol. The quantitative estimate of drug-likeness (QED) is 0.595. The molecule has 0 bridgehead atoms. The zero-order chi connectivity index (χ0) is 14.1. The van der Waals surface area contributed by atoms with Crippen molar-refractivity contribution in [3.63, 3.8) is 0 Å². The molecule has 19 heavy (non-hydrogen) atoms. The van der Waals surface area contributed by atoms with E-state index in [1.165, 1.54) is 16.0 Å². The first-order valence-corrected chi connectivity index (χ1v) is 6.42. The summed E-state index contributed by atoms with van der Waals surface area (Å²) in [5, 5.41) is -0.435. The minimum atomic E-state index is -0.435. The summed E-state index contributed by atoms with van der Waals surface area (Å²) in [6.45, 7) is 0. The van der Waals surface area contributed by atoms with E-state index in [2.05, 4.69) is 60.7 Å². The summed E-state index contributed by atoms with van der Waals surface area (Å²) in [5.41, 5.74) is 2.74. The third kappa shape index (κ3) is 6.63. The van der Waals surface area contributed by atoms with E-state index in [4.69, 9.17) is 11.6 Å². The van der Waals surface area contributed by atoms with Crippen LogP contribution in [-0.4, -0.2) is 24.4 Å². The molecule has 0 aliphatic heterocycles. The minimum Gasteiger partial charge on any atom is -0.335 e. The Kier molecular flexibility index (Phi) is 6.69. The van der Waals surface area contributed by atoms with Crippen molar-refractivity contribution in [1.82, 2.24) is 4.90 Å². The maximum Gasteiger partial charge on any atom is 0.315 e. The summed E-state index contributed by atoms with van der Waals surface area (Å²) < 4.78 is 0. The normalized spacial score (nSPS) is 9.21. The largest absolute Gasteiger partial charge is 0.335 e. The minimum absolute atomic E-state index is 0.435. The van der Waals surface area contributed by atoms with Crippen molar-refractivity contribution in [2.45, 2.75) is 6.42 Å². The number of hydrogen-bond acceptors (Lipinski definition) is 1. The predicted octanol–water partition coefficient (Wildman–Crippen LogP) is 4.18. The highest BCUT2D eigenvalue weighted by Gasteiger charge is 1.92. The molecule has 0 radical (unpaired) electrons. The molecule has 0 aliphatic carbocycles. The van der Waals surface area contributed by atoms with Gasteiger partial charge >= 0.3 is 5.37 Å². The second-order valence-electron chi connectivity index (χ2n) is 4.30. The lowest BCUT2D eigenvalue weighted by molar-refractivity contribution is 0.240. The third-order valence-corrected chi connectivity index (χ3v) is 2.78. The smallest absolute Gasteiger partial charge is 0.315 e. The summed E-state index contributed by atoms with van der Waals surface area (Å²) in [7, 11) is 3.19. The van der Waals surface area contributed by atoms with Gasteiger partial charge in [-0.25, -0.2) is 0 Å². The second-order valence-corrected chi connectivity index (χ2v) is 4.62. The lowest BCUT2D eigenvalue weighted by atomic mass is 10.1. The van der Waals surface area contributed by atoms with Crippen LogP contribution in [0.3, 0.4) is 0 Å². The van der Waals surface area contributed by atoms with Crippen LogP contribution in [0, 0.1) is 0 Å². The zero-order valence-electron chi connectivity index (χ0n) is 11.2. The fraction of sp³-hybridized carbons (Fsp3) is 0.188. The Morgan fingerprint density at radius 1 is 0.895 bits per heavy atom. The highest BCUT2D eigenvalue weighted by molar-refractivity contribution is 6.62. The van der Waals surface area contributed by atoms with Gasteiger partial charge in [-0.05, 0) is 29.1 Å². The summed E-state index contributed by atoms with van der Waals surface area (Å²) in [6, 6.07) is 21.1. The van der Waals surface area contributed by atoms with Crippen molar-refractivity contribution >= 4 is 17.0 Å². The summed E-state index contributed by atoms with van der Waals surface area (Å²) in [4.78, 5) is 11.1. The summed E-state index contributed by atoms with van der Waals surface area (Å²) in [5.74, 6) is 0. The molecule has 0 saturated carbocycles. The van der Waals surface area contributed by atoms with Crippen LogP contribution in [0.5, 0.6) is 0 Å². The van der Waals surface area contributed by atoms with Crippen molar-refractivity contribution in [3.05, 3.63) is 71.8 Å². The average Bonchev–Trinajstić information content (AvgIpc) is 2.41. The van der Waals surface area contributed by atoms with E-state index in [1.54, 1.807) is 14.1 Å². The second kappa shape index (κ2) is 8.33. The molecule has 0 aromatic heterocycles. The lowest BCUT2D eigenvalue weighted by Crippen LogP contribution is -2.13. The van der Waals surface area contributed by atoms with Gasteiger partial charge in [-0.15, -0.1) is 0 Å². The fourth-order valence-corrected chi connectivity index (χ4v) is 1.43. The number of rotatable bonds is 2. The monoisotopic (exact) mass is 275 g/mol. The first-order valence-electron chi connectivity index (χ1n) is 6.04. The van der Waals surface area contributed by atoms with E-state index in [0.29, 0.717) is 0 Å². The predicted molar refractivity (Wildman–Crippen MR) is 80.6 cm³/mol. The molecule has 2 aromatic carbocycles. The van der Waals surface area contributed by atoms with Crippen molar-refractivity contribution in [1.29, 1.82) is 0 Å². The van der Waals surface area contributed by atoms with Gasteiger partial charge in [0.15, 0.2) is 0 Å². The molecule has 0 atom stereocenters. The Labute approximate surface area is 119 Å². The van der Waals surface area contributed by atoms with Crippen LogP contribution < -0.4 is 0 Å². The Morgan fingerprint density at radius 3 is 1.47 bits per heavy atom. The molecule has 3 heteroatoms. The number of amides is 1. The first kappa shape index (κ1) is 15.3. The maximum atomic E-state index is 9.83. The number of carbonyl (C=O) groups is 1. The van der Waals surface area contributed by atoms with Crippen molar-refractivity contribution < 1.29 is 4.79 Å². The van der Waals surface area contributed by atoms with Gasteiger partial charge in [0.25, 0.3) is 0 Å². The maximum absolute atomic E-state index is 9.83. The molecule has 0 heterocycles.